The Morgan fingerprint density at radius 2 is 1.93 bits per heavy atom. The van der Waals surface area contributed by atoms with E-state index in [0.717, 1.165) is 16.5 Å². The van der Waals surface area contributed by atoms with Crippen molar-refractivity contribution in [2.24, 2.45) is 0 Å². The van der Waals surface area contributed by atoms with Gasteiger partial charge in [0, 0.05) is 4.47 Å². The summed E-state index contributed by atoms with van der Waals surface area (Å²) in [5.74, 6) is -0.277. The van der Waals surface area contributed by atoms with Crippen molar-refractivity contribution in [1.82, 2.24) is 0 Å². The standard InChI is InChI=1S/C12H15BrO2/c1-3-11(12(14)15-4-2)9-5-7-10(13)8-6-9/h5-8,11H,3-4H2,1-2H3/t11-/m1/s1. The third-order valence-electron chi connectivity index (χ3n) is 2.25. The highest BCUT2D eigenvalue weighted by molar-refractivity contribution is 9.10. The maximum Gasteiger partial charge on any atom is 0.313 e. The van der Waals surface area contributed by atoms with E-state index >= 15 is 0 Å². The van der Waals surface area contributed by atoms with Gasteiger partial charge in [-0.3, -0.25) is 4.79 Å². The minimum atomic E-state index is -0.141. The first-order chi connectivity index (χ1) is 7.19. The molecule has 0 aliphatic heterocycles. The van der Waals surface area contributed by atoms with Crippen molar-refractivity contribution in [1.29, 1.82) is 0 Å². The molecule has 0 bridgehead atoms. The lowest BCUT2D eigenvalue weighted by atomic mass is 9.97. The van der Waals surface area contributed by atoms with Crippen molar-refractivity contribution in [3.8, 4) is 0 Å². The fraction of sp³-hybridized carbons (Fsp3) is 0.417. The molecule has 1 aromatic rings. The van der Waals surface area contributed by atoms with Gasteiger partial charge in [-0.15, -0.1) is 0 Å². The Kier molecular flexibility index (Phi) is 4.82. The van der Waals surface area contributed by atoms with Crippen LogP contribution < -0.4 is 0 Å². The molecule has 0 saturated carbocycles. The van der Waals surface area contributed by atoms with E-state index in [1.807, 2.05) is 38.1 Å². The molecule has 1 aromatic carbocycles. The molecule has 15 heavy (non-hydrogen) atoms. The SMILES string of the molecule is CCOC(=O)[C@H](CC)c1ccc(Br)cc1. The van der Waals surface area contributed by atoms with E-state index in [1.54, 1.807) is 0 Å². The van der Waals surface area contributed by atoms with Gasteiger partial charge in [0.2, 0.25) is 0 Å². The van der Waals surface area contributed by atoms with Crippen molar-refractivity contribution < 1.29 is 9.53 Å². The minimum Gasteiger partial charge on any atom is -0.466 e. The topological polar surface area (TPSA) is 26.3 Å². The number of hydrogen-bond donors (Lipinski definition) is 0. The molecule has 0 spiro atoms. The van der Waals surface area contributed by atoms with Crippen molar-refractivity contribution in [2.45, 2.75) is 26.2 Å². The lowest BCUT2D eigenvalue weighted by molar-refractivity contribution is -0.145. The molecule has 0 N–H and O–H groups in total. The van der Waals surface area contributed by atoms with Gasteiger partial charge in [-0.2, -0.15) is 0 Å². The van der Waals surface area contributed by atoms with Gasteiger partial charge < -0.3 is 4.74 Å². The predicted molar refractivity (Wildman–Crippen MR) is 63.8 cm³/mol. The van der Waals surface area contributed by atoms with Crippen LogP contribution in [-0.2, 0) is 9.53 Å². The number of ether oxygens (including phenoxy) is 1. The maximum absolute atomic E-state index is 11.6. The maximum atomic E-state index is 11.6. The number of carbonyl (C=O) groups is 1. The monoisotopic (exact) mass is 270 g/mol. The van der Waals surface area contributed by atoms with E-state index < -0.39 is 0 Å². The van der Waals surface area contributed by atoms with E-state index in [2.05, 4.69) is 15.9 Å². The molecule has 0 aliphatic rings. The Balaban J connectivity index is 2.82. The second kappa shape index (κ2) is 5.91. The second-order valence-electron chi connectivity index (χ2n) is 3.26. The number of halogens is 1. The first-order valence-electron chi connectivity index (χ1n) is 5.11. The molecule has 0 saturated heterocycles. The average Bonchev–Trinajstić information content (AvgIpc) is 2.22. The fourth-order valence-electron chi connectivity index (χ4n) is 1.48. The molecule has 2 nitrogen and oxygen atoms in total. The van der Waals surface area contributed by atoms with Crippen LogP contribution in [0.5, 0.6) is 0 Å². The Labute approximate surface area is 98.8 Å². The molecule has 1 rings (SSSR count). The van der Waals surface area contributed by atoms with Gasteiger partial charge in [0.15, 0.2) is 0 Å². The zero-order chi connectivity index (χ0) is 11.3. The van der Waals surface area contributed by atoms with Gasteiger partial charge in [0.25, 0.3) is 0 Å². The summed E-state index contributed by atoms with van der Waals surface area (Å²) < 4.78 is 6.05. The molecular weight excluding hydrogens is 256 g/mol. The van der Waals surface area contributed by atoms with Gasteiger partial charge in [0.1, 0.15) is 0 Å². The van der Waals surface area contributed by atoms with Crippen molar-refractivity contribution >= 4 is 21.9 Å². The number of esters is 1. The number of benzene rings is 1. The molecule has 0 radical (unpaired) electrons. The van der Waals surface area contributed by atoms with Crippen LogP contribution in [0.15, 0.2) is 28.7 Å². The molecule has 0 aromatic heterocycles. The molecule has 82 valence electrons. The summed E-state index contributed by atoms with van der Waals surface area (Å²) in [4.78, 5) is 11.6. The lowest BCUT2D eigenvalue weighted by Crippen LogP contribution is -2.15. The molecule has 0 unspecified atom stereocenters. The largest absolute Gasteiger partial charge is 0.466 e. The predicted octanol–water partition coefficient (Wildman–Crippen LogP) is 3.51. The summed E-state index contributed by atoms with van der Waals surface area (Å²) in [6, 6.07) is 7.79. The Morgan fingerprint density at radius 3 is 2.40 bits per heavy atom. The van der Waals surface area contributed by atoms with Crippen LogP contribution in [0.25, 0.3) is 0 Å². The van der Waals surface area contributed by atoms with Crippen LogP contribution in [0, 0.1) is 0 Å². The molecule has 0 aliphatic carbocycles. The Morgan fingerprint density at radius 1 is 1.33 bits per heavy atom. The zero-order valence-electron chi connectivity index (χ0n) is 9.00. The van der Waals surface area contributed by atoms with Crippen molar-refractivity contribution in [3.63, 3.8) is 0 Å². The van der Waals surface area contributed by atoms with Crippen LogP contribution in [0.3, 0.4) is 0 Å². The normalized spacial score (nSPS) is 12.2. The fourth-order valence-corrected chi connectivity index (χ4v) is 1.74. The summed E-state index contributed by atoms with van der Waals surface area (Å²) >= 11 is 3.37. The van der Waals surface area contributed by atoms with Crippen LogP contribution in [-0.4, -0.2) is 12.6 Å². The van der Waals surface area contributed by atoms with Gasteiger partial charge in [0.05, 0.1) is 12.5 Å². The van der Waals surface area contributed by atoms with Crippen LogP contribution >= 0.6 is 15.9 Å². The molecule has 0 amide bonds. The summed E-state index contributed by atoms with van der Waals surface area (Å²) in [7, 11) is 0. The molecule has 0 heterocycles. The van der Waals surface area contributed by atoms with Gasteiger partial charge in [-0.1, -0.05) is 35.0 Å². The highest BCUT2D eigenvalue weighted by Gasteiger charge is 2.19. The van der Waals surface area contributed by atoms with Crippen LogP contribution in [0.1, 0.15) is 31.7 Å². The van der Waals surface area contributed by atoms with Gasteiger partial charge in [-0.25, -0.2) is 0 Å². The smallest absolute Gasteiger partial charge is 0.313 e. The number of hydrogen-bond acceptors (Lipinski definition) is 2. The first kappa shape index (κ1) is 12.2. The van der Waals surface area contributed by atoms with E-state index in [-0.39, 0.29) is 11.9 Å². The molecular formula is C12H15BrO2. The third-order valence-corrected chi connectivity index (χ3v) is 2.78. The zero-order valence-corrected chi connectivity index (χ0v) is 10.6. The minimum absolute atomic E-state index is 0.137. The van der Waals surface area contributed by atoms with Crippen molar-refractivity contribution in [3.05, 3.63) is 34.3 Å². The van der Waals surface area contributed by atoms with E-state index in [0.29, 0.717) is 6.61 Å². The Hall–Kier alpha value is -0.830. The van der Waals surface area contributed by atoms with Gasteiger partial charge >= 0.3 is 5.97 Å². The molecule has 0 fully saturated rings. The number of rotatable bonds is 4. The first-order valence-corrected chi connectivity index (χ1v) is 5.90. The van der Waals surface area contributed by atoms with E-state index in [1.165, 1.54) is 0 Å². The van der Waals surface area contributed by atoms with E-state index in [9.17, 15) is 4.79 Å². The lowest BCUT2D eigenvalue weighted by Gasteiger charge is -2.13. The molecule has 1 atom stereocenters. The molecule has 3 heteroatoms. The van der Waals surface area contributed by atoms with Crippen LogP contribution in [0.4, 0.5) is 0 Å². The highest BCUT2D eigenvalue weighted by atomic mass is 79.9. The second-order valence-corrected chi connectivity index (χ2v) is 4.18. The number of carbonyl (C=O) groups excluding carboxylic acids is 1. The summed E-state index contributed by atoms with van der Waals surface area (Å²) in [6.45, 7) is 4.25. The van der Waals surface area contributed by atoms with Gasteiger partial charge in [-0.05, 0) is 31.0 Å². The summed E-state index contributed by atoms with van der Waals surface area (Å²) in [5, 5.41) is 0. The third kappa shape index (κ3) is 3.34. The highest BCUT2D eigenvalue weighted by Crippen LogP contribution is 2.22. The van der Waals surface area contributed by atoms with Crippen LogP contribution in [0.2, 0.25) is 0 Å². The summed E-state index contributed by atoms with van der Waals surface area (Å²) in [5.41, 5.74) is 1.01. The summed E-state index contributed by atoms with van der Waals surface area (Å²) in [6.07, 6.45) is 0.764. The van der Waals surface area contributed by atoms with E-state index in [4.69, 9.17) is 4.74 Å². The average molecular weight is 271 g/mol. The Bertz CT molecular complexity index is 319. The van der Waals surface area contributed by atoms with Crippen molar-refractivity contribution in [2.75, 3.05) is 6.61 Å². The quantitative estimate of drug-likeness (QED) is 0.783.